The van der Waals surface area contributed by atoms with Crippen molar-refractivity contribution < 1.29 is 0 Å². The van der Waals surface area contributed by atoms with Crippen molar-refractivity contribution >= 4 is 16.7 Å². The molecule has 0 amide bonds. The van der Waals surface area contributed by atoms with Crippen LogP contribution in [0.4, 0.5) is 5.82 Å². The lowest BCUT2D eigenvalue weighted by atomic mass is 10.00. The SMILES string of the molecule is CCc1cc(-c2cccc3ccc(-c4cnccc4C)nc23)cnc1N. The van der Waals surface area contributed by atoms with Crippen molar-refractivity contribution in [3.8, 4) is 22.4 Å². The van der Waals surface area contributed by atoms with E-state index in [1.165, 1.54) is 0 Å². The summed E-state index contributed by atoms with van der Waals surface area (Å²) in [6.45, 7) is 4.16. The molecule has 0 radical (unpaired) electrons. The molecule has 0 unspecified atom stereocenters. The van der Waals surface area contributed by atoms with E-state index in [1.54, 1.807) is 6.20 Å². The number of nitrogens with zero attached hydrogens (tertiary/aromatic N) is 3. The van der Waals surface area contributed by atoms with Gasteiger partial charge in [0.15, 0.2) is 0 Å². The number of para-hydroxylation sites is 1. The van der Waals surface area contributed by atoms with Gasteiger partial charge in [-0.3, -0.25) is 4.98 Å². The zero-order chi connectivity index (χ0) is 18.1. The highest BCUT2D eigenvalue weighted by Crippen LogP contribution is 2.31. The fraction of sp³-hybridized carbons (Fsp3) is 0.136. The second kappa shape index (κ2) is 6.56. The predicted molar refractivity (Wildman–Crippen MR) is 107 cm³/mol. The summed E-state index contributed by atoms with van der Waals surface area (Å²) in [4.78, 5) is 13.6. The van der Waals surface area contributed by atoms with Gasteiger partial charge in [-0.15, -0.1) is 0 Å². The minimum Gasteiger partial charge on any atom is -0.383 e. The summed E-state index contributed by atoms with van der Waals surface area (Å²) in [5, 5.41) is 1.10. The number of rotatable bonds is 3. The first-order chi connectivity index (χ1) is 12.7. The van der Waals surface area contributed by atoms with E-state index < -0.39 is 0 Å². The van der Waals surface area contributed by atoms with Gasteiger partial charge in [0, 0.05) is 40.7 Å². The Kier molecular flexibility index (Phi) is 4.09. The van der Waals surface area contributed by atoms with Gasteiger partial charge in [0.25, 0.3) is 0 Å². The van der Waals surface area contributed by atoms with Crippen molar-refractivity contribution in [3.05, 3.63) is 72.2 Å². The van der Waals surface area contributed by atoms with Gasteiger partial charge >= 0.3 is 0 Å². The molecule has 4 heteroatoms. The highest BCUT2D eigenvalue weighted by Gasteiger charge is 2.10. The Morgan fingerprint density at radius 1 is 1.00 bits per heavy atom. The molecule has 0 saturated carbocycles. The maximum atomic E-state index is 5.97. The number of benzene rings is 1. The van der Waals surface area contributed by atoms with Gasteiger partial charge in [0.1, 0.15) is 5.82 Å². The molecule has 0 aliphatic carbocycles. The number of anilines is 1. The van der Waals surface area contributed by atoms with Crippen LogP contribution in [0.1, 0.15) is 18.1 Å². The topological polar surface area (TPSA) is 64.7 Å². The first-order valence-electron chi connectivity index (χ1n) is 8.73. The van der Waals surface area contributed by atoms with Crippen molar-refractivity contribution in [2.45, 2.75) is 20.3 Å². The van der Waals surface area contributed by atoms with Crippen LogP contribution in [-0.4, -0.2) is 15.0 Å². The Bertz CT molecular complexity index is 1100. The molecule has 4 aromatic rings. The quantitative estimate of drug-likeness (QED) is 0.581. The van der Waals surface area contributed by atoms with Crippen LogP contribution in [0.5, 0.6) is 0 Å². The van der Waals surface area contributed by atoms with Crippen molar-refractivity contribution in [2.75, 3.05) is 5.73 Å². The average Bonchev–Trinajstić information content (AvgIpc) is 2.68. The first-order valence-corrected chi connectivity index (χ1v) is 8.73. The monoisotopic (exact) mass is 340 g/mol. The largest absolute Gasteiger partial charge is 0.383 e. The normalized spacial score (nSPS) is 11.0. The van der Waals surface area contributed by atoms with E-state index in [9.17, 15) is 0 Å². The molecule has 0 fully saturated rings. The molecule has 4 rings (SSSR count). The zero-order valence-electron chi connectivity index (χ0n) is 14.9. The van der Waals surface area contributed by atoms with Gasteiger partial charge in [-0.25, -0.2) is 9.97 Å². The van der Waals surface area contributed by atoms with Crippen LogP contribution in [0, 0.1) is 6.92 Å². The summed E-state index contributed by atoms with van der Waals surface area (Å²) in [6.07, 6.45) is 6.35. The number of aromatic nitrogens is 3. The average molecular weight is 340 g/mol. The summed E-state index contributed by atoms with van der Waals surface area (Å²) in [5.41, 5.74) is 13.2. The van der Waals surface area contributed by atoms with Gasteiger partial charge < -0.3 is 5.73 Å². The molecule has 0 spiro atoms. The summed E-state index contributed by atoms with van der Waals surface area (Å²) in [6, 6.07) is 14.5. The van der Waals surface area contributed by atoms with Gasteiger partial charge in [-0.05, 0) is 42.7 Å². The Morgan fingerprint density at radius 3 is 2.69 bits per heavy atom. The molecule has 1 aromatic carbocycles. The lowest BCUT2D eigenvalue weighted by Crippen LogP contribution is -1.97. The van der Waals surface area contributed by atoms with E-state index in [1.807, 2.05) is 18.5 Å². The van der Waals surface area contributed by atoms with E-state index in [2.05, 4.69) is 60.2 Å². The van der Waals surface area contributed by atoms with Crippen LogP contribution in [-0.2, 0) is 6.42 Å². The smallest absolute Gasteiger partial charge is 0.126 e. The fourth-order valence-electron chi connectivity index (χ4n) is 3.21. The lowest BCUT2D eigenvalue weighted by molar-refractivity contribution is 1.11. The first kappa shape index (κ1) is 16.2. The number of aryl methyl sites for hydroxylation is 2. The summed E-state index contributed by atoms with van der Waals surface area (Å²) < 4.78 is 0. The highest BCUT2D eigenvalue weighted by molar-refractivity contribution is 5.95. The number of hydrogen-bond donors (Lipinski definition) is 1. The molecule has 4 nitrogen and oxygen atoms in total. The minimum atomic E-state index is 0.594. The third kappa shape index (κ3) is 2.80. The molecule has 0 atom stereocenters. The van der Waals surface area contributed by atoms with E-state index in [4.69, 9.17) is 10.7 Å². The van der Waals surface area contributed by atoms with E-state index in [-0.39, 0.29) is 0 Å². The maximum Gasteiger partial charge on any atom is 0.126 e. The molecule has 0 saturated heterocycles. The predicted octanol–water partition coefficient (Wildman–Crippen LogP) is 4.81. The summed E-state index contributed by atoms with van der Waals surface area (Å²) in [5.74, 6) is 0.594. The molecular formula is C22H20N4. The van der Waals surface area contributed by atoms with Gasteiger partial charge in [-0.2, -0.15) is 0 Å². The molecule has 26 heavy (non-hydrogen) atoms. The summed E-state index contributed by atoms with van der Waals surface area (Å²) in [7, 11) is 0. The van der Waals surface area contributed by atoms with Crippen LogP contribution in [0.3, 0.4) is 0 Å². The molecule has 0 bridgehead atoms. The Morgan fingerprint density at radius 2 is 1.88 bits per heavy atom. The second-order valence-electron chi connectivity index (χ2n) is 6.39. The molecule has 3 heterocycles. The zero-order valence-corrected chi connectivity index (χ0v) is 14.9. The molecular weight excluding hydrogens is 320 g/mol. The molecule has 2 N–H and O–H groups in total. The third-order valence-electron chi connectivity index (χ3n) is 4.73. The number of pyridine rings is 3. The second-order valence-corrected chi connectivity index (χ2v) is 6.39. The maximum absolute atomic E-state index is 5.97. The molecule has 0 aliphatic rings. The molecule has 3 aromatic heterocycles. The van der Waals surface area contributed by atoms with Gasteiger partial charge in [-0.1, -0.05) is 31.2 Å². The highest BCUT2D eigenvalue weighted by atomic mass is 14.8. The number of nitrogens with two attached hydrogens (primary N) is 1. The summed E-state index contributed by atoms with van der Waals surface area (Å²) >= 11 is 0. The van der Waals surface area contributed by atoms with Crippen molar-refractivity contribution in [1.82, 2.24) is 15.0 Å². The van der Waals surface area contributed by atoms with Gasteiger partial charge in [0.2, 0.25) is 0 Å². The number of fused-ring (bicyclic) bond motifs is 1. The Hall–Kier alpha value is -3.27. The molecule has 0 aliphatic heterocycles. The van der Waals surface area contributed by atoms with Crippen molar-refractivity contribution in [1.29, 1.82) is 0 Å². The Balaban J connectivity index is 1.93. The minimum absolute atomic E-state index is 0.594. The van der Waals surface area contributed by atoms with E-state index >= 15 is 0 Å². The standard InChI is InChI=1S/C22H20N4/c1-3-15-11-17(12-25-22(15)23)18-6-4-5-16-7-8-20(26-21(16)18)19-13-24-10-9-14(19)2/h4-13H,3H2,1-2H3,(H2,23,25). The van der Waals surface area contributed by atoms with Crippen LogP contribution in [0.15, 0.2) is 61.1 Å². The number of nitrogen functional groups attached to an aromatic ring is 1. The fourth-order valence-corrected chi connectivity index (χ4v) is 3.21. The Labute approximate surface area is 152 Å². The molecule has 128 valence electrons. The van der Waals surface area contributed by atoms with E-state index in [0.717, 1.165) is 50.8 Å². The van der Waals surface area contributed by atoms with Crippen LogP contribution in [0.2, 0.25) is 0 Å². The van der Waals surface area contributed by atoms with E-state index in [0.29, 0.717) is 5.82 Å². The van der Waals surface area contributed by atoms with Crippen molar-refractivity contribution in [2.24, 2.45) is 0 Å². The van der Waals surface area contributed by atoms with Gasteiger partial charge in [0.05, 0.1) is 11.2 Å². The number of hydrogen-bond acceptors (Lipinski definition) is 4. The van der Waals surface area contributed by atoms with Crippen LogP contribution in [0.25, 0.3) is 33.3 Å². The third-order valence-corrected chi connectivity index (χ3v) is 4.73. The van der Waals surface area contributed by atoms with Crippen molar-refractivity contribution in [3.63, 3.8) is 0 Å². The van der Waals surface area contributed by atoms with Crippen LogP contribution >= 0.6 is 0 Å². The van der Waals surface area contributed by atoms with Crippen LogP contribution < -0.4 is 5.73 Å². The lowest BCUT2D eigenvalue weighted by Gasteiger charge is -2.11.